The molecule has 98 valence electrons. The lowest BCUT2D eigenvalue weighted by molar-refractivity contribution is 0.0989. The Hall–Kier alpha value is -1.60. The molecule has 0 bridgehead atoms. The van der Waals surface area contributed by atoms with Gasteiger partial charge in [-0.1, -0.05) is 48.5 Å². The third-order valence-electron chi connectivity index (χ3n) is 4.34. The molecule has 1 N–H and O–H groups in total. The first-order chi connectivity index (χ1) is 9.25. The van der Waals surface area contributed by atoms with E-state index in [1.54, 1.807) is 0 Å². The number of aryl methyl sites for hydroxylation is 2. The summed E-state index contributed by atoms with van der Waals surface area (Å²) in [7, 11) is 0. The van der Waals surface area contributed by atoms with Crippen LogP contribution in [0.2, 0.25) is 0 Å². The SMILES string of the molecule is Cc1ccccc1C(O)C1CCc2ccccc2C1. The van der Waals surface area contributed by atoms with Gasteiger partial charge < -0.3 is 5.11 Å². The lowest BCUT2D eigenvalue weighted by atomic mass is 9.78. The molecule has 2 atom stereocenters. The van der Waals surface area contributed by atoms with E-state index in [1.165, 1.54) is 16.7 Å². The van der Waals surface area contributed by atoms with E-state index in [4.69, 9.17) is 0 Å². The summed E-state index contributed by atoms with van der Waals surface area (Å²) in [6.45, 7) is 2.08. The summed E-state index contributed by atoms with van der Waals surface area (Å²) in [5, 5.41) is 10.7. The van der Waals surface area contributed by atoms with E-state index in [1.807, 2.05) is 12.1 Å². The second kappa shape index (κ2) is 5.18. The van der Waals surface area contributed by atoms with Crippen LogP contribution in [-0.4, -0.2) is 5.11 Å². The van der Waals surface area contributed by atoms with E-state index in [0.717, 1.165) is 24.8 Å². The molecule has 0 aromatic heterocycles. The molecule has 0 heterocycles. The van der Waals surface area contributed by atoms with Crippen LogP contribution in [0.3, 0.4) is 0 Å². The first-order valence-electron chi connectivity index (χ1n) is 7.06. The van der Waals surface area contributed by atoms with Crippen molar-refractivity contribution in [1.29, 1.82) is 0 Å². The van der Waals surface area contributed by atoms with Gasteiger partial charge in [-0.3, -0.25) is 0 Å². The van der Waals surface area contributed by atoms with Crippen LogP contribution in [0.5, 0.6) is 0 Å². The van der Waals surface area contributed by atoms with Crippen molar-refractivity contribution in [3.8, 4) is 0 Å². The molecule has 1 aliphatic rings. The maximum Gasteiger partial charge on any atom is 0.0824 e. The molecular formula is C18H20O. The molecule has 2 aromatic rings. The van der Waals surface area contributed by atoms with Crippen LogP contribution in [0.1, 0.15) is 34.8 Å². The minimum Gasteiger partial charge on any atom is -0.388 e. The van der Waals surface area contributed by atoms with Crippen LogP contribution in [0.15, 0.2) is 48.5 Å². The Balaban J connectivity index is 1.83. The van der Waals surface area contributed by atoms with E-state index < -0.39 is 0 Å². The third-order valence-corrected chi connectivity index (χ3v) is 4.34. The standard InChI is InChI=1S/C18H20O/c1-13-6-2-5-9-17(13)18(19)16-11-10-14-7-3-4-8-15(14)12-16/h2-9,16,18-19H,10-12H2,1H3. The highest BCUT2D eigenvalue weighted by Crippen LogP contribution is 2.35. The fraction of sp³-hybridized carbons (Fsp3) is 0.333. The molecule has 0 fully saturated rings. The van der Waals surface area contributed by atoms with Crippen molar-refractivity contribution in [2.24, 2.45) is 5.92 Å². The Kier molecular flexibility index (Phi) is 3.39. The Morgan fingerprint density at radius 2 is 1.68 bits per heavy atom. The fourth-order valence-corrected chi connectivity index (χ4v) is 3.17. The second-order valence-corrected chi connectivity index (χ2v) is 5.57. The molecule has 3 rings (SSSR count). The van der Waals surface area contributed by atoms with Crippen LogP contribution in [-0.2, 0) is 12.8 Å². The van der Waals surface area contributed by atoms with E-state index in [2.05, 4.69) is 43.3 Å². The number of hydrogen-bond acceptors (Lipinski definition) is 1. The number of rotatable bonds is 2. The molecule has 0 spiro atoms. The van der Waals surface area contributed by atoms with Crippen LogP contribution in [0, 0.1) is 12.8 Å². The highest BCUT2D eigenvalue weighted by molar-refractivity contribution is 5.32. The molecule has 2 aromatic carbocycles. The molecule has 1 nitrogen and oxygen atoms in total. The maximum atomic E-state index is 10.7. The van der Waals surface area contributed by atoms with Crippen LogP contribution < -0.4 is 0 Å². The predicted octanol–water partition coefficient (Wildman–Crippen LogP) is 3.83. The summed E-state index contributed by atoms with van der Waals surface area (Å²) in [6, 6.07) is 16.8. The van der Waals surface area contributed by atoms with Gasteiger partial charge in [0.1, 0.15) is 0 Å². The molecule has 19 heavy (non-hydrogen) atoms. The smallest absolute Gasteiger partial charge is 0.0824 e. The number of benzene rings is 2. The largest absolute Gasteiger partial charge is 0.388 e. The summed E-state index contributed by atoms with van der Waals surface area (Å²) >= 11 is 0. The van der Waals surface area contributed by atoms with Gasteiger partial charge in [-0.15, -0.1) is 0 Å². The Morgan fingerprint density at radius 1 is 1.00 bits per heavy atom. The molecular weight excluding hydrogens is 232 g/mol. The average Bonchev–Trinajstić information content (AvgIpc) is 2.46. The van der Waals surface area contributed by atoms with Crippen molar-refractivity contribution in [3.05, 3.63) is 70.8 Å². The quantitative estimate of drug-likeness (QED) is 0.861. The van der Waals surface area contributed by atoms with Crippen LogP contribution in [0.4, 0.5) is 0 Å². The lowest BCUT2D eigenvalue weighted by Gasteiger charge is -2.29. The van der Waals surface area contributed by atoms with Gasteiger partial charge in [-0.05, 0) is 54.4 Å². The number of fused-ring (bicyclic) bond motifs is 1. The van der Waals surface area contributed by atoms with Crippen LogP contribution >= 0.6 is 0 Å². The molecule has 0 aliphatic heterocycles. The zero-order chi connectivity index (χ0) is 13.2. The van der Waals surface area contributed by atoms with Gasteiger partial charge in [0.2, 0.25) is 0 Å². The Bertz CT molecular complexity index is 573. The minimum atomic E-state index is -0.338. The van der Waals surface area contributed by atoms with E-state index >= 15 is 0 Å². The van der Waals surface area contributed by atoms with Gasteiger partial charge in [0, 0.05) is 0 Å². The maximum absolute atomic E-state index is 10.7. The molecule has 1 aliphatic carbocycles. The van der Waals surface area contributed by atoms with E-state index in [9.17, 15) is 5.11 Å². The Morgan fingerprint density at radius 3 is 2.47 bits per heavy atom. The summed E-state index contributed by atoms with van der Waals surface area (Å²) in [6.07, 6.45) is 2.82. The number of hydrogen-bond donors (Lipinski definition) is 1. The minimum absolute atomic E-state index is 0.338. The van der Waals surface area contributed by atoms with Gasteiger partial charge >= 0.3 is 0 Å². The zero-order valence-corrected chi connectivity index (χ0v) is 11.3. The van der Waals surface area contributed by atoms with Crippen molar-refractivity contribution in [3.63, 3.8) is 0 Å². The van der Waals surface area contributed by atoms with Gasteiger partial charge in [0.05, 0.1) is 6.10 Å². The highest BCUT2D eigenvalue weighted by Gasteiger charge is 2.26. The summed E-state index contributed by atoms with van der Waals surface area (Å²) < 4.78 is 0. The monoisotopic (exact) mass is 252 g/mol. The van der Waals surface area contributed by atoms with Crippen molar-refractivity contribution < 1.29 is 5.11 Å². The summed E-state index contributed by atoms with van der Waals surface area (Å²) in [4.78, 5) is 0. The topological polar surface area (TPSA) is 20.2 Å². The molecule has 0 amide bonds. The van der Waals surface area contributed by atoms with Gasteiger partial charge in [-0.2, -0.15) is 0 Å². The summed E-state index contributed by atoms with van der Waals surface area (Å²) in [5.41, 5.74) is 5.14. The number of aliphatic hydroxyl groups is 1. The molecule has 0 saturated carbocycles. The average molecular weight is 252 g/mol. The predicted molar refractivity (Wildman–Crippen MR) is 78.1 cm³/mol. The number of aliphatic hydroxyl groups excluding tert-OH is 1. The van der Waals surface area contributed by atoms with Crippen molar-refractivity contribution in [2.75, 3.05) is 0 Å². The summed E-state index contributed by atoms with van der Waals surface area (Å²) in [5.74, 6) is 0.344. The van der Waals surface area contributed by atoms with Crippen molar-refractivity contribution in [1.82, 2.24) is 0 Å². The van der Waals surface area contributed by atoms with E-state index in [-0.39, 0.29) is 6.10 Å². The van der Waals surface area contributed by atoms with Crippen molar-refractivity contribution >= 4 is 0 Å². The van der Waals surface area contributed by atoms with Gasteiger partial charge in [0.25, 0.3) is 0 Å². The van der Waals surface area contributed by atoms with Gasteiger partial charge in [-0.25, -0.2) is 0 Å². The first kappa shape index (κ1) is 12.4. The molecule has 0 radical (unpaired) electrons. The zero-order valence-electron chi connectivity index (χ0n) is 11.3. The first-order valence-corrected chi connectivity index (χ1v) is 7.06. The second-order valence-electron chi connectivity index (χ2n) is 5.57. The highest BCUT2D eigenvalue weighted by atomic mass is 16.3. The lowest BCUT2D eigenvalue weighted by Crippen LogP contribution is -2.21. The fourth-order valence-electron chi connectivity index (χ4n) is 3.17. The molecule has 1 heteroatoms. The van der Waals surface area contributed by atoms with Crippen molar-refractivity contribution in [2.45, 2.75) is 32.3 Å². The molecule has 0 saturated heterocycles. The van der Waals surface area contributed by atoms with Gasteiger partial charge in [0.15, 0.2) is 0 Å². The molecule has 2 unspecified atom stereocenters. The van der Waals surface area contributed by atoms with Crippen LogP contribution in [0.25, 0.3) is 0 Å². The Labute approximate surface area is 114 Å². The normalized spacial score (nSPS) is 19.8. The third kappa shape index (κ3) is 2.43. The van der Waals surface area contributed by atoms with E-state index in [0.29, 0.717) is 5.92 Å².